The first-order chi connectivity index (χ1) is 14.0. The Labute approximate surface area is 167 Å². The Bertz CT molecular complexity index is 1070. The van der Waals surface area contributed by atoms with Crippen molar-refractivity contribution in [3.05, 3.63) is 70.9 Å². The van der Waals surface area contributed by atoms with Crippen LogP contribution < -0.4 is 10.5 Å². The fourth-order valence-electron chi connectivity index (χ4n) is 3.48. The molecule has 29 heavy (non-hydrogen) atoms. The van der Waals surface area contributed by atoms with E-state index >= 15 is 0 Å². The summed E-state index contributed by atoms with van der Waals surface area (Å²) >= 11 is 0. The number of pyridine rings is 1. The monoisotopic (exact) mass is 394 g/mol. The Kier molecular flexibility index (Phi) is 5.18. The van der Waals surface area contributed by atoms with Crippen molar-refractivity contribution in [1.29, 1.82) is 0 Å². The molecule has 1 atom stereocenters. The van der Waals surface area contributed by atoms with Gasteiger partial charge in [0.25, 0.3) is 5.56 Å². The summed E-state index contributed by atoms with van der Waals surface area (Å²) in [6.07, 6.45) is 4.56. The standard InChI is InChI=1S/C21H22N4O4/c1-23-13-17(16-10-22-25(12-16)11-15-5-3-2-4-6-15)18(9-20(23)26)24-7-8-29-19(14-24)21(27)28/h2-6,9-10,12-13,19H,7-8,11,14H2,1H3,(H,27,28)/t19-/m1/s1. The maximum absolute atomic E-state index is 12.3. The Morgan fingerprint density at radius 1 is 1.28 bits per heavy atom. The molecule has 150 valence electrons. The highest BCUT2D eigenvalue weighted by Gasteiger charge is 2.28. The number of ether oxygens (including phenoxy) is 1. The zero-order chi connectivity index (χ0) is 20.4. The van der Waals surface area contributed by atoms with Gasteiger partial charge >= 0.3 is 5.97 Å². The molecule has 1 aliphatic heterocycles. The van der Waals surface area contributed by atoms with Crippen LogP contribution in [0.2, 0.25) is 0 Å². The van der Waals surface area contributed by atoms with Crippen molar-refractivity contribution < 1.29 is 14.6 Å². The first kappa shape index (κ1) is 18.9. The zero-order valence-electron chi connectivity index (χ0n) is 16.1. The predicted octanol–water partition coefficient (Wildman–Crippen LogP) is 1.59. The smallest absolute Gasteiger partial charge is 0.334 e. The summed E-state index contributed by atoms with van der Waals surface area (Å²) in [5.74, 6) is -1.00. The Balaban J connectivity index is 1.68. The van der Waals surface area contributed by atoms with E-state index in [0.717, 1.165) is 16.7 Å². The Morgan fingerprint density at radius 3 is 2.83 bits per heavy atom. The maximum Gasteiger partial charge on any atom is 0.334 e. The quantitative estimate of drug-likeness (QED) is 0.707. The molecule has 0 unspecified atom stereocenters. The van der Waals surface area contributed by atoms with Gasteiger partial charge in [-0.1, -0.05) is 30.3 Å². The van der Waals surface area contributed by atoms with Crippen LogP contribution in [0, 0.1) is 0 Å². The van der Waals surface area contributed by atoms with Crippen molar-refractivity contribution in [3.63, 3.8) is 0 Å². The minimum atomic E-state index is -1.00. The van der Waals surface area contributed by atoms with E-state index < -0.39 is 12.1 Å². The predicted molar refractivity (Wildman–Crippen MR) is 108 cm³/mol. The lowest BCUT2D eigenvalue weighted by Crippen LogP contribution is -2.46. The molecule has 3 heterocycles. The average Bonchev–Trinajstić information content (AvgIpc) is 3.19. The molecule has 1 N–H and O–H groups in total. The third-order valence-electron chi connectivity index (χ3n) is 5.02. The van der Waals surface area contributed by atoms with E-state index in [9.17, 15) is 14.7 Å². The second-order valence-electron chi connectivity index (χ2n) is 7.08. The molecule has 1 aliphatic rings. The summed E-state index contributed by atoms with van der Waals surface area (Å²) in [6, 6.07) is 11.6. The van der Waals surface area contributed by atoms with Crippen LogP contribution in [0.15, 0.2) is 59.8 Å². The summed E-state index contributed by atoms with van der Waals surface area (Å²) in [5.41, 5.74) is 3.38. The van der Waals surface area contributed by atoms with Crippen molar-refractivity contribution in [2.75, 3.05) is 24.6 Å². The third kappa shape index (κ3) is 4.07. The number of hydrogen-bond acceptors (Lipinski definition) is 5. The van der Waals surface area contributed by atoms with E-state index in [1.807, 2.05) is 46.1 Å². The normalized spacial score (nSPS) is 16.7. The molecule has 3 aromatic rings. The summed E-state index contributed by atoms with van der Waals surface area (Å²) in [4.78, 5) is 25.5. The number of benzene rings is 1. The third-order valence-corrected chi connectivity index (χ3v) is 5.02. The first-order valence-corrected chi connectivity index (χ1v) is 9.38. The number of aryl methyl sites for hydroxylation is 1. The van der Waals surface area contributed by atoms with Crippen LogP contribution in [0.5, 0.6) is 0 Å². The van der Waals surface area contributed by atoms with E-state index in [1.165, 1.54) is 4.57 Å². The fourth-order valence-corrected chi connectivity index (χ4v) is 3.48. The van der Waals surface area contributed by atoms with Gasteiger partial charge in [-0.05, 0) is 5.56 Å². The van der Waals surface area contributed by atoms with Crippen LogP contribution in [0.3, 0.4) is 0 Å². The molecule has 1 saturated heterocycles. The number of rotatable bonds is 5. The van der Waals surface area contributed by atoms with Crippen LogP contribution in [0.1, 0.15) is 5.56 Å². The number of aromatic nitrogens is 3. The number of hydrogen-bond donors (Lipinski definition) is 1. The van der Waals surface area contributed by atoms with Gasteiger partial charge in [-0.15, -0.1) is 0 Å². The second kappa shape index (κ2) is 7.92. The van der Waals surface area contributed by atoms with Gasteiger partial charge < -0.3 is 19.3 Å². The van der Waals surface area contributed by atoms with Crippen molar-refractivity contribution in [2.24, 2.45) is 7.05 Å². The number of nitrogens with zero attached hydrogens (tertiary/aromatic N) is 4. The Hall–Kier alpha value is -3.39. The van der Waals surface area contributed by atoms with Crippen molar-refractivity contribution >= 4 is 11.7 Å². The zero-order valence-corrected chi connectivity index (χ0v) is 16.1. The lowest BCUT2D eigenvalue weighted by atomic mass is 10.1. The van der Waals surface area contributed by atoms with Gasteiger partial charge in [0.2, 0.25) is 0 Å². The van der Waals surface area contributed by atoms with Gasteiger partial charge in [0, 0.05) is 43.2 Å². The van der Waals surface area contributed by atoms with Crippen molar-refractivity contribution in [2.45, 2.75) is 12.6 Å². The lowest BCUT2D eigenvalue weighted by Gasteiger charge is -2.33. The van der Waals surface area contributed by atoms with E-state index in [0.29, 0.717) is 25.4 Å². The maximum atomic E-state index is 12.3. The molecule has 0 amide bonds. The molecule has 8 heteroatoms. The van der Waals surface area contributed by atoms with Crippen LogP contribution in [-0.2, 0) is 23.1 Å². The summed E-state index contributed by atoms with van der Waals surface area (Å²) in [6.45, 7) is 1.63. The molecule has 0 bridgehead atoms. The Morgan fingerprint density at radius 2 is 2.07 bits per heavy atom. The molecule has 0 saturated carbocycles. The fraction of sp³-hybridized carbons (Fsp3) is 0.286. The minimum absolute atomic E-state index is 0.154. The van der Waals surface area contributed by atoms with Gasteiger partial charge in [-0.2, -0.15) is 5.10 Å². The largest absolute Gasteiger partial charge is 0.479 e. The van der Waals surface area contributed by atoms with Gasteiger partial charge in [0.1, 0.15) is 0 Å². The second-order valence-corrected chi connectivity index (χ2v) is 7.08. The van der Waals surface area contributed by atoms with Crippen LogP contribution in [-0.4, -0.2) is 51.2 Å². The van der Waals surface area contributed by atoms with Crippen LogP contribution >= 0.6 is 0 Å². The van der Waals surface area contributed by atoms with E-state index in [4.69, 9.17) is 4.74 Å². The highest BCUT2D eigenvalue weighted by molar-refractivity contribution is 5.79. The molecule has 0 radical (unpaired) electrons. The molecular formula is C21H22N4O4. The number of anilines is 1. The number of carboxylic acids is 1. The van der Waals surface area contributed by atoms with E-state index in [1.54, 1.807) is 25.5 Å². The van der Waals surface area contributed by atoms with Gasteiger partial charge in [-0.25, -0.2) is 4.79 Å². The average molecular weight is 394 g/mol. The molecule has 0 aliphatic carbocycles. The number of carbonyl (C=O) groups is 1. The molecule has 1 fully saturated rings. The van der Waals surface area contributed by atoms with Crippen molar-refractivity contribution in [3.8, 4) is 11.1 Å². The highest BCUT2D eigenvalue weighted by Crippen LogP contribution is 2.30. The molecule has 8 nitrogen and oxygen atoms in total. The minimum Gasteiger partial charge on any atom is -0.479 e. The molecular weight excluding hydrogens is 372 g/mol. The topological polar surface area (TPSA) is 89.6 Å². The van der Waals surface area contributed by atoms with Crippen LogP contribution in [0.4, 0.5) is 5.69 Å². The summed E-state index contributed by atoms with van der Waals surface area (Å²) < 4.78 is 8.68. The van der Waals surface area contributed by atoms with Gasteiger partial charge in [0.05, 0.1) is 31.6 Å². The van der Waals surface area contributed by atoms with E-state index in [-0.39, 0.29) is 12.1 Å². The summed E-state index contributed by atoms with van der Waals surface area (Å²) in [5, 5.41) is 13.8. The lowest BCUT2D eigenvalue weighted by molar-refractivity contribution is -0.150. The molecule has 1 aromatic carbocycles. The van der Waals surface area contributed by atoms with Gasteiger partial charge in [-0.3, -0.25) is 9.48 Å². The first-order valence-electron chi connectivity index (χ1n) is 9.38. The number of morpholine rings is 1. The molecule has 2 aromatic heterocycles. The SMILES string of the molecule is Cn1cc(-c2cnn(Cc3ccccc3)c2)c(N2CCO[C@@H](C(=O)O)C2)cc1=O. The van der Waals surface area contributed by atoms with Crippen molar-refractivity contribution in [1.82, 2.24) is 14.3 Å². The number of aliphatic carboxylic acids is 1. The molecule has 4 rings (SSSR count). The van der Waals surface area contributed by atoms with E-state index in [2.05, 4.69) is 5.10 Å². The number of carboxylic acid groups (broad SMARTS) is 1. The highest BCUT2D eigenvalue weighted by atomic mass is 16.5. The summed E-state index contributed by atoms with van der Waals surface area (Å²) in [7, 11) is 1.70. The van der Waals surface area contributed by atoms with Gasteiger partial charge in [0.15, 0.2) is 6.10 Å². The molecule has 0 spiro atoms. The van der Waals surface area contributed by atoms with Crippen LogP contribution in [0.25, 0.3) is 11.1 Å².